The van der Waals surface area contributed by atoms with E-state index < -0.39 is 34.4 Å². The van der Waals surface area contributed by atoms with Crippen molar-refractivity contribution in [1.29, 1.82) is 0 Å². The Morgan fingerprint density at radius 1 is 1.13 bits per heavy atom. The van der Waals surface area contributed by atoms with Crippen LogP contribution in [-0.2, 0) is 0 Å². The number of ether oxygens (including phenoxy) is 2. The van der Waals surface area contributed by atoms with E-state index in [1.807, 2.05) is 0 Å². The summed E-state index contributed by atoms with van der Waals surface area (Å²) in [6, 6.07) is 4.45. The maximum Gasteiger partial charge on any atom is 0.342 e. The van der Waals surface area contributed by atoms with Crippen molar-refractivity contribution in [2.45, 2.75) is 12.8 Å². The Hall–Kier alpha value is -3.53. The molecule has 1 aromatic carbocycles. The van der Waals surface area contributed by atoms with Crippen LogP contribution >= 0.6 is 0 Å². The first-order valence-corrected chi connectivity index (χ1v) is 9.39. The van der Waals surface area contributed by atoms with Gasteiger partial charge in [-0.15, -0.1) is 0 Å². The number of rotatable bonds is 8. The van der Waals surface area contributed by atoms with Gasteiger partial charge in [-0.2, -0.15) is 0 Å². The highest BCUT2D eigenvalue weighted by Crippen LogP contribution is 2.36. The van der Waals surface area contributed by atoms with Crippen molar-refractivity contribution in [3.63, 3.8) is 0 Å². The normalized spacial score (nSPS) is 13.9. The number of nitrogens with zero attached hydrogens (tertiary/aromatic N) is 1. The number of carboxylic acid groups (broad SMARTS) is 2. The molecule has 160 valence electrons. The SMILES string of the molecule is COc1cc(-c2c(C(=O)O)c(N)[nH]c(=O)c2C(=O)O)ccc1OCCN1CCCC1. The minimum absolute atomic E-state index is 0.159. The van der Waals surface area contributed by atoms with Gasteiger partial charge in [0.1, 0.15) is 23.6 Å². The predicted molar refractivity (Wildman–Crippen MR) is 109 cm³/mol. The number of pyridine rings is 1. The number of anilines is 1. The quantitative estimate of drug-likeness (QED) is 0.500. The number of benzene rings is 1. The summed E-state index contributed by atoms with van der Waals surface area (Å²) in [4.78, 5) is 39.9. The lowest BCUT2D eigenvalue weighted by Crippen LogP contribution is -2.25. The molecule has 1 aliphatic rings. The van der Waals surface area contributed by atoms with Crippen molar-refractivity contribution >= 4 is 17.8 Å². The van der Waals surface area contributed by atoms with E-state index in [4.69, 9.17) is 15.2 Å². The summed E-state index contributed by atoms with van der Waals surface area (Å²) in [5.41, 5.74) is 3.32. The van der Waals surface area contributed by atoms with Crippen molar-refractivity contribution in [3.8, 4) is 22.6 Å². The molecule has 1 saturated heterocycles. The van der Waals surface area contributed by atoms with E-state index in [0.29, 0.717) is 12.4 Å². The number of H-pyrrole nitrogens is 1. The summed E-state index contributed by atoms with van der Waals surface area (Å²) < 4.78 is 11.1. The predicted octanol–water partition coefficient (Wildman–Crippen LogP) is 1.50. The van der Waals surface area contributed by atoms with Gasteiger partial charge in [0, 0.05) is 12.1 Å². The average molecular weight is 417 g/mol. The molecule has 2 heterocycles. The van der Waals surface area contributed by atoms with Crippen LogP contribution in [-0.4, -0.2) is 65.4 Å². The zero-order valence-corrected chi connectivity index (χ0v) is 16.4. The Kier molecular flexibility index (Phi) is 6.26. The second-order valence-electron chi connectivity index (χ2n) is 6.87. The Morgan fingerprint density at radius 2 is 1.80 bits per heavy atom. The summed E-state index contributed by atoms with van der Waals surface area (Å²) in [5.74, 6) is -2.77. The standard InChI is InChI=1S/C20H23N3O7/c1-29-13-10-11(4-5-12(13)30-9-8-23-6-2-3-7-23)14-15(19(25)26)17(21)22-18(24)16(14)20(27)28/h4-5,10H,2-3,6-9H2,1H3,(H,25,26)(H,27,28)(H3,21,22,24). The number of nitrogens with two attached hydrogens (primary N) is 1. The zero-order valence-electron chi connectivity index (χ0n) is 16.4. The molecular weight excluding hydrogens is 394 g/mol. The van der Waals surface area contributed by atoms with Gasteiger partial charge in [0.2, 0.25) is 0 Å². The van der Waals surface area contributed by atoms with Crippen LogP contribution in [0.1, 0.15) is 33.6 Å². The Morgan fingerprint density at radius 3 is 2.40 bits per heavy atom. The summed E-state index contributed by atoms with van der Waals surface area (Å²) in [6.45, 7) is 3.29. The zero-order chi connectivity index (χ0) is 21.8. The second kappa shape index (κ2) is 8.87. The number of aromatic nitrogens is 1. The smallest absolute Gasteiger partial charge is 0.342 e. The molecule has 3 rings (SSSR count). The third-order valence-corrected chi connectivity index (χ3v) is 4.99. The van der Waals surface area contributed by atoms with E-state index in [0.717, 1.165) is 19.6 Å². The summed E-state index contributed by atoms with van der Waals surface area (Å²) in [5, 5.41) is 19.0. The van der Waals surface area contributed by atoms with E-state index in [-0.39, 0.29) is 16.9 Å². The first-order chi connectivity index (χ1) is 14.3. The molecule has 30 heavy (non-hydrogen) atoms. The lowest BCUT2D eigenvalue weighted by molar-refractivity contribution is 0.0695. The minimum Gasteiger partial charge on any atom is -0.493 e. The number of methoxy groups -OCH3 is 1. The maximum atomic E-state index is 12.2. The lowest BCUT2D eigenvalue weighted by atomic mass is 9.95. The molecule has 0 unspecified atom stereocenters. The molecule has 0 aliphatic carbocycles. The summed E-state index contributed by atoms with van der Waals surface area (Å²) in [6.07, 6.45) is 2.35. The van der Waals surface area contributed by atoms with E-state index in [1.165, 1.54) is 32.1 Å². The van der Waals surface area contributed by atoms with E-state index in [9.17, 15) is 24.6 Å². The fourth-order valence-corrected chi connectivity index (χ4v) is 3.57. The largest absolute Gasteiger partial charge is 0.493 e. The average Bonchev–Trinajstić information content (AvgIpc) is 3.20. The topological polar surface area (TPSA) is 155 Å². The first-order valence-electron chi connectivity index (χ1n) is 9.39. The summed E-state index contributed by atoms with van der Waals surface area (Å²) in [7, 11) is 1.41. The van der Waals surface area contributed by atoms with Crippen LogP contribution < -0.4 is 20.8 Å². The molecule has 1 fully saturated rings. The first kappa shape index (κ1) is 21.2. The van der Waals surface area contributed by atoms with Crippen molar-refractivity contribution in [3.05, 3.63) is 39.7 Å². The molecular formula is C20H23N3O7. The highest BCUT2D eigenvalue weighted by Gasteiger charge is 2.27. The molecule has 2 aromatic rings. The molecule has 0 bridgehead atoms. The van der Waals surface area contributed by atoms with E-state index >= 15 is 0 Å². The molecule has 0 amide bonds. The maximum absolute atomic E-state index is 12.2. The van der Waals surface area contributed by atoms with Crippen LogP contribution in [0.4, 0.5) is 5.82 Å². The van der Waals surface area contributed by atoms with Crippen molar-refractivity contribution in [2.24, 2.45) is 0 Å². The highest BCUT2D eigenvalue weighted by atomic mass is 16.5. The van der Waals surface area contributed by atoms with Gasteiger partial charge in [-0.3, -0.25) is 9.69 Å². The Balaban J connectivity index is 2.00. The summed E-state index contributed by atoms with van der Waals surface area (Å²) >= 11 is 0. The molecule has 10 nitrogen and oxygen atoms in total. The number of nitrogens with one attached hydrogen (secondary N) is 1. The number of hydrogen-bond donors (Lipinski definition) is 4. The van der Waals surface area contributed by atoms with Crippen LogP contribution in [0.3, 0.4) is 0 Å². The number of aromatic amines is 1. The molecule has 10 heteroatoms. The van der Waals surface area contributed by atoms with Gasteiger partial charge in [0.25, 0.3) is 5.56 Å². The number of hydrogen-bond acceptors (Lipinski definition) is 7. The van der Waals surface area contributed by atoms with Crippen LogP contribution in [0.2, 0.25) is 0 Å². The highest BCUT2D eigenvalue weighted by molar-refractivity contribution is 6.07. The van der Waals surface area contributed by atoms with E-state index in [1.54, 1.807) is 6.07 Å². The van der Waals surface area contributed by atoms with E-state index in [2.05, 4.69) is 9.88 Å². The minimum atomic E-state index is -1.57. The van der Waals surface area contributed by atoms with Crippen LogP contribution in [0.25, 0.3) is 11.1 Å². The van der Waals surface area contributed by atoms with Crippen LogP contribution in [0.5, 0.6) is 11.5 Å². The van der Waals surface area contributed by atoms with Gasteiger partial charge in [-0.1, -0.05) is 6.07 Å². The Labute approximate surface area is 171 Å². The molecule has 0 atom stereocenters. The number of carboxylic acids is 2. The van der Waals surface area contributed by atoms with Gasteiger partial charge in [-0.05, 0) is 43.6 Å². The fourth-order valence-electron chi connectivity index (χ4n) is 3.57. The third-order valence-electron chi connectivity index (χ3n) is 4.99. The third kappa shape index (κ3) is 4.23. The monoisotopic (exact) mass is 417 g/mol. The van der Waals surface area contributed by atoms with Crippen molar-refractivity contribution < 1.29 is 29.3 Å². The number of aromatic carboxylic acids is 2. The molecule has 1 aliphatic heterocycles. The van der Waals surface area contributed by atoms with Crippen molar-refractivity contribution in [1.82, 2.24) is 9.88 Å². The van der Waals surface area contributed by atoms with Gasteiger partial charge >= 0.3 is 11.9 Å². The number of likely N-dealkylation sites (tertiary alicyclic amines) is 1. The lowest BCUT2D eigenvalue weighted by Gasteiger charge is -2.17. The molecule has 1 aromatic heterocycles. The van der Waals surface area contributed by atoms with Gasteiger partial charge in [0.05, 0.1) is 7.11 Å². The van der Waals surface area contributed by atoms with Gasteiger partial charge in [-0.25, -0.2) is 9.59 Å². The fraction of sp³-hybridized carbons (Fsp3) is 0.350. The second-order valence-corrected chi connectivity index (χ2v) is 6.87. The van der Waals surface area contributed by atoms with Crippen LogP contribution in [0.15, 0.2) is 23.0 Å². The number of carbonyl (C=O) groups is 2. The molecule has 5 N–H and O–H groups in total. The van der Waals surface area contributed by atoms with Gasteiger partial charge < -0.3 is 30.4 Å². The number of nitrogen functional groups attached to an aromatic ring is 1. The molecule has 0 saturated carbocycles. The van der Waals surface area contributed by atoms with Gasteiger partial charge in [0.15, 0.2) is 11.5 Å². The van der Waals surface area contributed by atoms with Crippen molar-refractivity contribution in [2.75, 3.05) is 39.1 Å². The molecule has 0 radical (unpaired) electrons. The molecule has 0 spiro atoms. The van der Waals surface area contributed by atoms with Crippen LogP contribution in [0, 0.1) is 0 Å². The Bertz CT molecular complexity index is 1030.